The van der Waals surface area contributed by atoms with Crippen molar-refractivity contribution in [3.63, 3.8) is 0 Å². The molecule has 0 saturated carbocycles. The Bertz CT molecular complexity index is 821. The summed E-state index contributed by atoms with van der Waals surface area (Å²) >= 11 is 0. The number of primary amides is 1. The van der Waals surface area contributed by atoms with Crippen LogP contribution in [-0.4, -0.2) is 28.8 Å². The standard InChI is InChI=1S/C23H26N2O2/c1-4-22(3)17(2)15-23(18-11-7-5-8-12-18,19-13-9-6-10-14-19)21(27)25(22)16-20(24)26/h5-14H,2,4,15-16H2,1,3H3,(H2,24,26). The molecule has 1 aliphatic heterocycles. The Morgan fingerprint density at radius 1 is 1.07 bits per heavy atom. The first-order valence-corrected chi connectivity index (χ1v) is 9.26. The number of amides is 2. The van der Waals surface area contributed by atoms with Gasteiger partial charge in [0.2, 0.25) is 11.8 Å². The molecule has 1 unspecified atom stereocenters. The molecule has 4 heteroatoms. The van der Waals surface area contributed by atoms with Crippen molar-refractivity contribution in [3.8, 4) is 0 Å². The molecule has 0 spiro atoms. The van der Waals surface area contributed by atoms with Gasteiger partial charge in [0.05, 0.1) is 5.54 Å². The molecule has 1 fully saturated rings. The Balaban J connectivity index is 2.27. The summed E-state index contributed by atoms with van der Waals surface area (Å²) in [7, 11) is 0. The van der Waals surface area contributed by atoms with Gasteiger partial charge in [-0.25, -0.2) is 0 Å². The second-order valence-corrected chi connectivity index (χ2v) is 7.40. The minimum absolute atomic E-state index is 0.101. The average molecular weight is 362 g/mol. The number of rotatable bonds is 5. The van der Waals surface area contributed by atoms with Crippen LogP contribution in [0.25, 0.3) is 0 Å². The van der Waals surface area contributed by atoms with Gasteiger partial charge in [-0.2, -0.15) is 0 Å². The third kappa shape index (κ3) is 2.95. The number of hydrogen-bond donors (Lipinski definition) is 1. The molecule has 4 nitrogen and oxygen atoms in total. The van der Waals surface area contributed by atoms with Crippen LogP contribution in [0, 0.1) is 0 Å². The number of likely N-dealkylation sites (tertiary alicyclic amines) is 1. The van der Waals surface area contributed by atoms with Gasteiger partial charge in [0.1, 0.15) is 12.0 Å². The third-order valence-corrected chi connectivity index (χ3v) is 5.98. The Morgan fingerprint density at radius 2 is 1.56 bits per heavy atom. The maximum Gasteiger partial charge on any atom is 0.239 e. The molecule has 2 N–H and O–H groups in total. The second kappa shape index (κ2) is 7.03. The van der Waals surface area contributed by atoms with Gasteiger partial charge in [0.15, 0.2) is 0 Å². The molecule has 1 atom stereocenters. The van der Waals surface area contributed by atoms with Gasteiger partial charge in [-0.3, -0.25) is 9.59 Å². The van der Waals surface area contributed by atoms with Crippen LogP contribution in [0.1, 0.15) is 37.8 Å². The maximum atomic E-state index is 14.0. The van der Waals surface area contributed by atoms with E-state index in [1.807, 2.05) is 74.5 Å². The fourth-order valence-electron chi connectivity index (χ4n) is 4.14. The van der Waals surface area contributed by atoms with E-state index < -0.39 is 16.9 Å². The minimum atomic E-state index is -0.913. The van der Waals surface area contributed by atoms with Crippen LogP contribution in [0.5, 0.6) is 0 Å². The van der Waals surface area contributed by atoms with E-state index in [-0.39, 0.29) is 12.5 Å². The first-order valence-electron chi connectivity index (χ1n) is 9.26. The molecular weight excluding hydrogens is 336 g/mol. The number of carbonyl (C=O) groups is 2. The SMILES string of the molecule is C=C1CC(c2ccccc2)(c2ccccc2)C(=O)N(CC(N)=O)C1(C)CC. The summed E-state index contributed by atoms with van der Waals surface area (Å²) in [5.74, 6) is -0.622. The highest BCUT2D eigenvalue weighted by molar-refractivity contribution is 5.97. The Hall–Kier alpha value is -2.88. The lowest BCUT2D eigenvalue weighted by molar-refractivity contribution is -0.147. The molecule has 27 heavy (non-hydrogen) atoms. The normalized spacial score (nSPS) is 21.9. The molecule has 2 amide bonds. The van der Waals surface area contributed by atoms with Crippen LogP contribution in [0.15, 0.2) is 72.8 Å². The fraction of sp³-hybridized carbons (Fsp3) is 0.304. The molecule has 0 aromatic heterocycles. The van der Waals surface area contributed by atoms with Crippen molar-refractivity contribution >= 4 is 11.8 Å². The van der Waals surface area contributed by atoms with Crippen molar-refractivity contribution in [3.05, 3.63) is 83.9 Å². The van der Waals surface area contributed by atoms with Gasteiger partial charge in [0, 0.05) is 0 Å². The molecule has 3 rings (SSSR count). The largest absolute Gasteiger partial charge is 0.368 e. The zero-order valence-corrected chi connectivity index (χ0v) is 15.9. The maximum absolute atomic E-state index is 14.0. The molecule has 0 aliphatic carbocycles. The molecule has 2 aromatic rings. The lowest BCUT2D eigenvalue weighted by atomic mass is 9.63. The second-order valence-electron chi connectivity index (χ2n) is 7.40. The molecule has 2 aromatic carbocycles. The number of benzene rings is 2. The molecule has 1 saturated heterocycles. The quantitative estimate of drug-likeness (QED) is 0.829. The molecule has 0 bridgehead atoms. The van der Waals surface area contributed by atoms with Gasteiger partial charge in [-0.15, -0.1) is 0 Å². The van der Waals surface area contributed by atoms with Crippen molar-refractivity contribution in [2.24, 2.45) is 5.73 Å². The van der Waals surface area contributed by atoms with Crippen LogP contribution in [0.2, 0.25) is 0 Å². The van der Waals surface area contributed by atoms with Crippen LogP contribution in [0.3, 0.4) is 0 Å². The van der Waals surface area contributed by atoms with E-state index in [1.165, 1.54) is 0 Å². The highest BCUT2D eigenvalue weighted by Crippen LogP contribution is 2.48. The topological polar surface area (TPSA) is 63.4 Å². The fourth-order valence-corrected chi connectivity index (χ4v) is 4.14. The van der Waals surface area contributed by atoms with E-state index in [1.54, 1.807) is 4.90 Å². The monoisotopic (exact) mass is 362 g/mol. The van der Waals surface area contributed by atoms with Crippen molar-refractivity contribution in [1.82, 2.24) is 4.90 Å². The predicted octanol–water partition coefficient (Wildman–Crippen LogP) is 3.42. The highest BCUT2D eigenvalue weighted by atomic mass is 16.2. The Morgan fingerprint density at radius 3 is 1.96 bits per heavy atom. The first-order chi connectivity index (χ1) is 12.9. The van der Waals surface area contributed by atoms with Gasteiger partial charge in [-0.05, 0) is 30.9 Å². The average Bonchev–Trinajstić information content (AvgIpc) is 2.69. The van der Waals surface area contributed by atoms with Gasteiger partial charge in [0.25, 0.3) is 0 Å². The van der Waals surface area contributed by atoms with Crippen molar-refractivity contribution in [2.45, 2.75) is 37.6 Å². The first kappa shape index (κ1) is 18.9. The van der Waals surface area contributed by atoms with Gasteiger partial charge < -0.3 is 10.6 Å². The van der Waals surface area contributed by atoms with Crippen molar-refractivity contribution in [1.29, 1.82) is 0 Å². The lowest BCUT2D eigenvalue weighted by Crippen LogP contribution is -2.64. The van der Waals surface area contributed by atoms with Crippen LogP contribution < -0.4 is 5.73 Å². The molecule has 0 radical (unpaired) electrons. The van der Waals surface area contributed by atoms with E-state index in [0.29, 0.717) is 12.8 Å². The van der Waals surface area contributed by atoms with Gasteiger partial charge in [-0.1, -0.05) is 79.7 Å². The smallest absolute Gasteiger partial charge is 0.239 e. The Kier molecular flexibility index (Phi) is 4.92. The molecule has 1 aliphatic rings. The van der Waals surface area contributed by atoms with E-state index in [2.05, 4.69) is 6.58 Å². The lowest BCUT2D eigenvalue weighted by Gasteiger charge is -2.53. The van der Waals surface area contributed by atoms with E-state index in [4.69, 9.17) is 5.73 Å². The van der Waals surface area contributed by atoms with Crippen molar-refractivity contribution in [2.75, 3.05) is 6.54 Å². The van der Waals surface area contributed by atoms with Crippen molar-refractivity contribution < 1.29 is 9.59 Å². The number of hydrogen-bond acceptors (Lipinski definition) is 2. The number of carbonyl (C=O) groups excluding carboxylic acids is 2. The highest BCUT2D eigenvalue weighted by Gasteiger charge is 2.54. The van der Waals surface area contributed by atoms with Crippen LogP contribution in [-0.2, 0) is 15.0 Å². The van der Waals surface area contributed by atoms with Gasteiger partial charge >= 0.3 is 0 Å². The van der Waals surface area contributed by atoms with E-state index in [0.717, 1.165) is 16.7 Å². The number of nitrogens with two attached hydrogens (primary N) is 1. The van der Waals surface area contributed by atoms with E-state index in [9.17, 15) is 9.59 Å². The summed E-state index contributed by atoms with van der Waals surface area (Å²) in [6.07, 6.45) is 1.17. The summed E-state index contributed by atoms with van der Waals surface area (Å²) in [4.78, 5) is 27.4. The van der Waals surface area contributed by atoms with Crippen LogP contribution in [0.4, 0.5) is 0 Å². The van der Waals surface area contributed by atoms with Crippen LogP contribution >= 0.6 is 0 Å². The Labute approximate surface area is 160 Å². The molecule has 140 valence electrons. The summed E-state index contributed by atoms with van der Waals surface area (Å²) in [5, 5.41) is 0. The van der Waals surface area contributed by atoms with E-state index >= 15 is 0 Å². The summed E-state index contributed by atoms with van der Waals surface area (Å²) in [6.45, 7) is 8.18. The zero-order chi connectivity index (χ0) is 19.7. The molecular formula is C23H26N2O2. The summed E-state index contributed by atoms with van der Waals surface area (Å²) in [5.41, 5.74) is 6.72. The third-order valence-electron chi connectivity index (χ3n) is 5.98. The summed E-state index contributed by atoms with van der Waals surface area (Å²) in [6, 6.07) is 19.5. The number of piperidine rings is 1. The molecule has 1 heterocycles. The minimum Gasteiger partial charge on any atom is -0.368 e. The summed E-state index contributed by atoms with van der Waals surface area (Å²) < 4.78 is 0. The zero-order valence-electron chi connectivity index (χ0n) is 15.9. The number of nitrogens with zero attached hydrogens (tertiary/aromatic N) is 1. The predicted molar refractivity (Wildman–Crippen MR) is 107 cm³/mol.